The van der Waals surface area contributed by atoms with Gasteiger partial charge in [0.25, 0.3) is 0 Å². The minimum Gasteiger partial charge on any atom is -0.462 e. The highest BCUT2D eigenvalue weighted by molar-refractivity contribution is 7.47. The van der Waals surface area contributed by atoms with E-state index in [4.69, 9.17) is 23.6 Å². The van der Waals surface area contributed by atoms with Crippen molar-refractivity contribution >= 4 is 19.8 Å². The van der Waals surface area contributed by atoms with Gasteiger partial charge in [-0.1, -0.05) is 174 Å². The summed E-state index contributed by atoms with van der Waals surface area (Å²) in [6.45, 7) is 2.40. The van der Waals surface area contributed by atoms with Crippen LogP contribution in [0.4, 0.5) is 0 Å². The molecule has 0 rings (SSSR count). The summed E-state index contributed by atoms with van der Waals surface area (Å²) in [5.41, 5.74) is 0. The summed E-state index contributed by atoms with van der Waals surface area (Å²) < 4.78 is 32.7. The van der Waals surface area contributed by atoms with Gasteiger partial charge in [-0.25, -0.2) is 4.57 Å². The van der Waals surface area contributed by atoms with E-state index in [1.807, 2.05) is 0 Å². The molecule has 0 aliphatic heterocycles. The van der Waals surface area contributed by atoms with Crippen LogP contribution >= 0.6 is 7.82 Å². The third kappa shape index (κ3) is 39.0. The highest BCUT2D eigenvalue weighted by Crippen LogP contribution is 2.43. The molecule has 1 unspecified atom stereocenters. The molecule has 0 aromatic carbocycles. The number of unbranched alkanes of at least 4 members (excludes halogenated alkanes) is 26. The number of aliphatic hydroxyl groups is 2. The molecule has 10 nitrogen and oxygen atoms in total. The fourth-order valence-electron chi connectivity index (χ4n) is 6.22. The number of hydrogen-bond acceptors (Lipinski definition) is 9. The predicted octanol–water partition coefficient (Wildman–Crippen LogP) is 11.6. The minimum atomic E-state index is -4.61. The number of aliphatic hydroxyl groups excluding tert-OH is 2. The number of carbonyl (C=O) groups is 2. The van der Waals surface area contributed by atoms with Crippen LogP contribution in [-0.2, 0) is 32.7 Å². The zero-order valence-corrected chi connectivity index (χ0v) is 35.6. The summed E-state index contributed by atoms with van der Waals surface area (Å²) in [6.07, 6.45) is 37.4. The van der Waals surface area contributed by atoms with Crippen molar-refractivity contribution in [3.63, 3.8) is 0 Å². The monoisotopic (exact) mass is 791 g/mol. The Kier molecular flexibility index (Phi) is 39.0. The summed E-state index contributed by atoms with van der Waals surface area (Å²) in [5.74, 6) is -0.923. The Balaban J connectivity index is 4.27. The van der Waals surface area contributed by atoms with Gasteiger partial charge in [0.15, 0.2) is 6.10 Å². The van der Waals surface area contributed by atoms with Gasteiger partial charge in [0.2, 0.25) is 0 Å². The lowest BCUT2D eigenvalue weighted by Gasteiger charge is -2.20. The molecule has 3 atom stereocenters. The third-order valence-electron chi connectivity index (χ3n) is 9.67. The average molecular weight is 791 g/mol. The summed E-state index contributed by atoms with van der Waals surface area (Å²) in [6, 6.07) is 0. The van der Waals surface area contributed by atoms with Crippen LogP contribution in [-0.4, -0.2) is 65.7 Å². The fourth-order valence-corrected chi connectivity index (χ4v) is 7.01. The Morgan fingerprint density at radius 1 is 0.537 bits per heavy atom. The van der Waals surface area contributed by atoms with Gasteiger partial charge >= 0.3 is 19.8 Å². The Bertz CT molecular complexity index is 915. The molecule has 0 aliphatic carbocycles. The lowest BCUT2D eigenvalue weighted by molar-refractivity contribution is -0.161. The fraction of sp³-hybridized carbons (Fsp3) is 0.907. The van der Waals surface area contributed by atoms with Crippen LogP contribution in [0.2, 0.25) is 0 Å². The number of rotatable bonds is 42. The number of phosphoric acid groups is 1. The molecule has 0 spiro atoms. The van der Waals surface area contributed by atoms with Gasteiger partial charge in [-0.2, -0.15) is 0 Å². The van der Waals surface area contributed by atoms with Crippen LogP contribution in [0.1, 0.15) is 213 Å². The highest BCUT2D eigenvalue weighted by atomic mass is 31.2. The molecule has 0 heterocycles. The zero-order valence-electron chi connectivity index (χ0n) is 34.7. The van der Waals surface area contributed by atoms with Gasteiger partial charge in [0, 0.05) is 12.8 Å². The summed E-state index contributed by atoms with van der Waals surface area (Å²) >= 11 is 0. The van der Waals surface area contributed by atoms with E-state index < -0.39 is 51.8 Å². The topological polar surface area (TPSA) is 149 Å². The molecule has 11 heteroatoms. The van der Waals surface area contributed by atoms with Crippen molar-refractivity contribution in [3.05, 3.63) is 12.2 Å². The summed E-state index contributed by atoms with van der Waals surface area (Å²) in [5, 5.41) is 18.3. The number of carbonyl (C=O) groups excluding carboxylic acids is 2. The second-order valence-corrected chi connectivity index (χ2v) is 16.5. The summed E-state index contributed by atoms with van der Waals surface area (Å²) in [7, 11) is -4.61. The first-order chi connectivity index (χ1) is 26.2. The molecule has 0 saturated heterocycles. The molecule has 0 fully saturated rings. The number of allylic oxidation sites excluding steroid dienone is 2. The Hall–Kier alpha value is -1.29. The molecular weight excluding hydrogens is 707 g/mol. The first kappa shape index (κ1) is 52.7. The molecule has 0 amide bonds. The number of esters is 2. The number of phosphoric ester groups is 1. The van der Waals surface area contributed by atoms with E-state index >= 15 is 0 Å². The maximum Gasteiger partial charge on any atom is 0.472 e. The van der Waals surface area contributed by atoms with E-state index in [9.17, 15) is 24.2 Å². The third-order valence-corrected chi connectivity index (χ3v) is 10.6. The molecule has 3 N–H and O–H groups in total. The van der Waals surface area contributed by atoms with Gasteiger partial charge in [0.05, 0.1) is 19.8 Å². The van der Waals surface area contributed by atoms with Crippen LogP contribution in [0.5, 0.6) is 0 Å². The van der Waals surface area contributed by atoms with E-state index in [2.05, 4.69) is 26.0 Å². The SMILES string of the molecule is CCCCCCCCC/C=C\CCCCCCCC(=O)O[C@H](COC(=O)CCCCCCCCCCCCCCCCC)COP(=O)(O)OC[C@@H](O)CO. The summed E-state index contributed by atoms with van der Waals surface area (Å²) in [4.78, 5) is 35.0. The minimum absolute atomic E-state index is 0.178. The van der Waals surface area contributed by atoms with Crippen molar-refractivity contribution in [2.45, 2.75) is 225 Å². The number of hydrogen-bond donors (Lipinski definition) is 3. The van der Waals surface area contributed by atoms with Gasteiger partial charge in [0.1, 0.15) is 12.7 Å². The van der Waals surface area contributed by atoms with Crippen molar-refractivity contribution in [2.24, 2.45) is 0 Å². The molecule has 54 heavy (non-hydrogen) atoms. The zero-order chi connectivity index (χ0) is 39.8. The molecule has 0 bridgehead atoms. The van der Waals surface area contributed by atoms with Crippen LogP contribution in [0.3, 0.4) is 0 Å². The smallest absolute Gasteiger partial charge is 0.462 e. The molecule has 0 aromatic rings. The van der Waals surface area contributed by atoms with Crippen molar-refractivity contribution < 1.29 is 47.8 Å². The Labute approximate surface area is 330 Å². The van der Waals surface area contributed by atoms with E-state index in [1.54, 1.807) is 0 Å². The van der Waals surface area contributed by atoms with Crippen LogP contribution in [0.25, 0.3) is 0 Å². The first-order valence-electron chi connectivity index (χ1n) is 22.1. The van der Waals surface area contributed by atoms with Crippen LogP contribution in [0.15, 0.2) is 12.2 Å². The lowest BCUT2D eigenvalue weighted by Crippen LogP contribution is -2.29. The Morgan fingerprint density at radius 3 is 1.33 bits per heavy atom. The normalized spacial score (nSPS) is 13.9. The molecule has 0 aliphatic rings. The second-order valence-electron chi connectivity index (χ2n) is 15.1. The second kappa shape index (κ2) is 39.9. The maximum absolute atomic E-state index is 12.6. The van der Waals surface area contributed by atoms with E-state index in [0.29, 0.717) is 12.8 Å². The lowest BCUT2D eigenvalue weighted by atomic mass is 10.0. The maximum atomic E-state index is 12.6. The molecule has 320 valence electrons. The highest BCUT2D eigenvalue weighted by Gasteiger charge is 2.27. The van der Waals surface area contributed by atoms with Crippen LogP contribution in [0, 0.1) is 0 Å². The predicted molar refractivity (Wildman–Crippen MR) is 219 cm³/mol. The number of ether oxygens (including phenoxy) is 2. The quantitative estimate of drug-likeness (QED) is 0.0236. The van der Waals surface area contributed by atoms with Crippen molar-refractivity contribution in [3.8, 4) is 0 Å². The standard InChI is InChI=1S/C43H83O10P/c1-3-5-7-9-11-13-15-17-19-21-23-25-27-29-31-33-35-43(47)53-41(39-52-54(48,49)51-37-40(45)36-44)38-50-42(46)34-32-30-28-26-24-22-20-18-16-14-12-10-8-6-4-2/h19,21,40-41,44-45H,3-18,20,22-39H2,1-2H3,(H,48,49)/b21-19-/t40-,41+/m0/s1. The molecule has 0 saturated carbocycles. The first-order valence-corrected chi connectivity index (χ1v) is 23.6. The molecule has 0 radical (unpaired) electrons. The van der Waals surface area contributed by atoms with Gasteiger partial charge in [-0.3, -0.25) is 18.6 Å². The van der Waals surface area contributed by atoms with Gasteiger partial charge in [-0.05, 0) is 38.5 Å². The Morgan fingerprint density at radius 2 is 0.907 bits per heavy atom. The van der Waals surface area contributed by atoms with Crippen molar-refractivity contribution in [1.29, 1.82) is 0 Å². The van der Waals surface area contributed by atoms with Crippen molar-refractivity contribution in [2.75, 3.05) is 26.4 Å². The van der Waals surface area contributed by atoms with Crippen LogP contribution < -0.4 is 0 Å². The van der Waals surface area contributed by atoms with Gasteiger partial charge in [-0.15, -0.1) is 0 Å². The molecular formula is C43H83O10P. The average Bonchev–Trinajstić information content (AvgIpc) is 3.16. The van der Waals surface area contributed by atoms with Gasteiger partial charge < -0.3 is 24.6 Å². The van der Waals surface area contributed by atoms with E-state index in [-0.39, 0.29) is 19.4 Å². The largest absolute Gasteiger partial charge is 0.472 e. The van der Waals surface area contributed by atoms with E-state index in [1.165, 1.54) is 116 Å². The van der Waals surface area contributed by atoms with E-state index in [0.717, 1.165) is 57.8 Å². The molecule has 0 aromatic heterocycles. The van der Waals surface area contributed by atoms with Crippen molar-refractivity contribution in [1.82, 2.24) is 0 Å².